The van der Waals surface area contributed by atoms with Crippen LogP contribution >= 0.6 is 0 Å². The maximum atomic E-state index is 8.31. The van der Waals surface area contributed by atoms with Gasteiger partial charge in [0.1, 0.15) is 12.1 Å². The Hall–Kier alpha value is -0.843. The van der Waals surface area contributed by atoms with Crippen LogP contribution in [0.2, 0.25) is 19.6 Å². The lowest BCUT2D eigenvalue weighted by Crippen LogP contribution is -2.30. The lowest BCUT2D eigenvalue weighted by atomic mass is 10.5. The van der Waals surface area contributed by atoms with Crippen molar-refractivity contribution in [3.8, 4) is 12.1 Å². The van der Waals surface area contributed by atoms with E-state index in [0.29, 0.717) is 0 Å². The Kier molecular flexibility index (Phi) is 3.07. The first-order chi connectivity index (χ1) is 4.49. The van der Waals surface area contributed by atoms with Crippen LogP contribution < -0.4 is 0 Å². The second-order valence-electron chi connectivity index (χ2n) is 2.87. The molecule has 4 heteroatoms. The Bertz CT molecular complexity index is 169. The van der Waals surface area contributed by atoms with Crippen molar-refractivity contribution in [3.63, 3.8) is 0 Å². The third kappa shape index (κ3) is 4.08. The molecule has 0 saturated carbocycles. The third-order valence-corrected chi connectivity index (χ3v) is 1.65. The molecule has 10 heavy (non-hydrogen) atoms. The molecule has 0 rings (SSSR count). The Morgan fingerprint density at radius 2 is 1.60 bits per heavy atom. The van der Waals surface area contributed by atoms with Crippen molar-refractivity contribution >= 4 is 8.32 Å². The van der Waals surface area contributed by atoms with E-state index < -0.39 is 14.4 Å². The summed E-state index contributed by atoms with van der Waals surface area (Å²) in [4.78, 5) is 0. The average Bonchev–Trinajstić information content (AvgIpc) is 1.81. The first-order valence-corrected chi connectivity index (χ1v) is 6.37. The highest BCUT2D eigenvalue weighted by molar-refractivity contribution is 6.69. The summed E-state index contributed by atoms with van der Waals surface area (Å²) in [6.07, 6.45) is -0.883. The van der Waals surface area contributed by atoms with Gasteiger partial charge in [0.25, 0.3) is 0 Å². The number of hydrogen-bond acceptors (Lipinski definition) is 3. The summed E-state index contributed by atoms with van der Waals surface area (Å²) in [5.41, 5.74) is 0. The van der Waals surface area contributed by atoms with Crippen LogP contribution in [0, 0.1) is 22.7 Å². The molecule has 0 saturated heterocycles. The topological polar surface area (TPSA) is 56.8 Å². The molecule has 0 radical (unpaired) electrons. The standard InChI is InChI=1S/C6H10N2OSi/c1-10(2,3)9-6(4-7)5-8/h6H,1-3H3. The van der Waals surface area contributed by atoms with Crippen LogP contribution in [-0.4, -0.2) is 14.4 Å². The molecule has 54 valence electrons. The summed E-state index contributed by atoms with van der Waals surface area (Å²) in [5.74, 6) is 0. The van der Waals surface area contributed by atoms with Crippen LogP contribution in [-0.2, 0) is 4.43 Å². The molecule has 0 amide bonds. The predicted molar refractivity (Wildman–Crippen MR) is 39.4 cm³/mol. The number of hydrogen-bond donors (Lipinski definition) is 0. The van der Waals surface area contributed by atoms with Crippen molar-refractivity contribution in [2.45, 2.75) is 25.7 Å². The molecule has 0 aliphatic heterocycles. The highest BCUT2D eigenvalue weighted by Gasteiger charge is 2.19. The molecule has 0 spiro atoms. The number of nitriles is 2. The van der Waals surface area contributed by atoms with Crippen LogP contribution in [0.1, 0.15) is 0 Å². The van der Waals surface area contributed by atoms with E-state index in [1.165, 1.54) is 0 Å². The van der Waals surface area contributed by atoms with E-state index in [0.717, 1.165) is 0 Å². The third-order valence-electron chi connectivity index (χ3n) is 0.706. The second kappa shape index (κ2) is 3.36. The van der Waals surface area contributed by atoms with Crippen LogP contribution in [0.15, 0.2) is 0 Å². The minimum atomic E-state index is -1.71. The molecule has 0 atom stereocenters. The fourth-order valence-corrected chi connectivity index (χ4v) is 1.25. The van der Waals surface area contributed by atoms with Crippen LogP contribution in [0.5, 0.6) is 0 Å². The van der Waals surface area contributed by atoms with E-state index in [-0.39, 0.29) is 0 Å². The van der Waals surface area contributed by atoms with Gasteiger partial charge in [-0.25, -0.2) is 0 Å². The molecule has 0 N–H and O–H groups in total. The van der Waals surface area contributed by atoms with E-state index in [1.807, 2.05) is 19.6 Å². The van der Waals surface area contributed by atoms with Crippen molar-refractivity contribution in [2.75, 3.05) is 0 Å². The fraction of sp³-hybridized carbons (Fsp3) is 0.667. The van der Waals surface area contributed by atoms with Gasteiger partial charge in [0, 0.05) is 0 Å². The summed E-state index contributed by atoms with van der Waals surface area (Å²) in [7, 11) is -1.71. The van der Waals surface area contributed by atoms with E-state index in [9.17, 15) is 0 Å². The van der Waals surface area contributed by atoms with E-state index in [2.05, 4.69) is 0 Å². The predicted octanol–water partition coefficient (Wildman–Crippen LogP) is 1.25. The van der Waals surface area contributed by atoms with Crippen molar-refractivity contribution < 1.29 is 4.43 Å². The molecule has 0 bridgehead atoms. The van der Waals surface area contributed by atoms with Gasteiger partial charge in [0.05, 0.1) is 0 Å². The Balaban J connectivity index is 3.94. The molecule has 0 aliphatic rings. The molecular weight excluding hydrogens is 144 g/mol. The molecule has 0 aromatic heterocycles. The summed E-state index contributed by atoms with van der Waals surface area (Å²) >= 11 is 0. The lowest BCUT2D eigenvalue weighted by molar-refractivity contribution is 0.302. The van der Waals surface area contributed by atoms with Gasteiger partial charge in [-0.3, -0.25) is 0 Å². The molecule has 0 aromatic rings. The van der Waals surface area contributed by atoms with Gasteiger partial charge in [0.2, 0.25) is 6.10 Å². The summed E-state index contributed by atoms with van der Waals surface area (Å²) in [6, 6.07) is 3.52. The summed E-state index contributed by atoms with van der Waals surface area (Å²) < 4.78 is 5.15. The van der Waals surface area contributed by atoms with E-state index in [4.69, 9.17) is 14.9 Å². The Morgan fingerprint density at radius 1 is 1.20 bits per heavy atom. The highest BCUT2D eigenvalue weighted by atomic mass is 28.4. The van der Waals surface area contributed by atoms with Crippen molar-refractivity contribution in [1.29, 1.82) is 10.5 Å². The number of rotatable bonds is 2. The molecule has 0 fully saturated rings. The lowest BCUT2D eigenvalue weighted by Gasteiger charge is -2.16. The maximum absolute atomic E-state index is 8.31. The molecule has 3 nitrogen and oxygen atoms in total. The SMILES string of the molecule is C[Si](C)(C)OC(C#N)C#N. The largest absolute Gasteiger partial charge is 0.392 e. The van der Waals surface area contributed by atoms with Crippen LogP contribution in [0.3, 0.4) is 0 Å². The van der Waals surface area contributed by atoms with Gasteiger partial charge in [0.15, 0.2) is 8.32 Å². The zero-order valence-corrected chi connectivity index (χ0v) is 7.38. The van der Waals surface area contributed by atoms with Gasteiger partial charge >= 0.3 is 0 Å². The molecule has 0 heterocycles. The fourth-order valence-electron chi connectivity index (χ4n) is 0.435. The van der Waals surface area contributed by atoms with Crippen LogP contribution in [0.4, 0.5) is 0 Å². The quantitative estimate of drug-likeness (QED) is 0.562. The van der Waals surface area contributed by atoms with Gasteiger partial charge in [-0.15, -0.1) is 0 Å². The highest BCUT2D eigenvalue weighted by Crippen LogP contribution is 2.05. The average molecular weight is 154 g/mol. The summed E-state index contributed by atoms with van der Waals surface area (Å²) in [6.45, 7) is 5.82. The second-order valence-corrected chi connectivity index (χ2v) is 7.33. The normalized spacial score (nSPS) is 10.6. The van der Waals surface area contributed by atoms with E-state index >= 15 is 0 Å². The zero-order chi connectivity index (χ0) is 8.20. The minimum Gasteiger partial charge on any atom is -0.392 e. The molecular formula is C6H10N2OSi. The van der Waals surface area contributed by atoms with Gasteiger partial charge in [-0.05, 0) is 19.6 Å². The Labute approximate surface area is 62.0 Å². The maximum Gasteiger partial charge on any atom is 0.221 e. The van der Waals surface area contributed by atoms with Gasteiger partial charge < -0.3 is 4.43 Å². The molecule has 0 aliphatic carbocycles. The molecule has 0 unspecified atom stereocenters. The van der Waals surface area contributed by atoms with Gasteiger partial charge in [-0.2, -0.15) is 10.5 Å². The number of nitrogens with zero attached hydrogens (tertiary/aromatic N) is 2. The minimum absolute atomic E-state index is 0.883. The van der Waals surface area contributed by atoms with Crippen molar-refractivity contribution in [2.24, 2.45) is 0 Å². The van der Waals surface area contributed by atoms with Gasteiger partial charge in [-0.1, -0.05) is 0 Å². The van der Waals surface area contributed by atoms with Crippen molar-refractivity contribution in [3.05, 3.63) is 0 Å². The van der Waals surface area contributed by atoms with E-state index in [1.54, 1.807) is 12.1 Å². The molecule has 0 aromatic carbocycles. The Morgan fingerprint density at radius 3 is 1.70 bits per heavy atom. The first kappa shape index (κ1) is 9.16. The smallest absolute Gasteiger partial charge is 0.221 e. The monoisotopic (exact) mass is 154 g/mol. The summed E-state index contributed by atoms with van der Waals surface area (Å²) in [5, 5.41) is 16.6. The van der Waals surface area contributed by atoms with Crippen LogP contribution in [0.25, 0.3) is 0 Å². The zero-order valence-electron chi connectivity index (χ0n) is 6.38. The van der Waals surface area contributed by atoms with Crippen molar-refractivity contribution in [1.82, 2.24) is 0 Å². The first-order valence-electron chi connectivity index (χ1n) is 2.96.